The van der Waals surface area contributed by atoms with Gasteiger partial charge in [-0.05, 0) is 19.3 Å². The molecule has 0 radical (unpaired) electrons. The lowest BCUT2D eigenvalue weighted by Gasteiger charge is -2.16. The lowest BCUT2D eigenvalue weighted by Crippen LogP contribution is -2.17. The van der Waals surface area contributed by atoms with E-state index in [1.165, 1.54) is 6.42 Å². The van der Waals surface area contributed by atoms with E-state index >= 15 is 0 Å². The number of hydrogen-bond donors (Lipinski definition) is 1. The van der Waals surface area contributed by atoms with Crippen molar-refractivity contribution in [3.8, 4) is 0 Å². The molecule has 1 fully saturated rings. The molecule has 1 aliphatic rings. The molecule has 1 atom stereocenters. The maximum atomic E-state index is 8.69. The van der Waals surface area contributed by atoms with Crippen LogP contribution in [0.3, 0.4) is 0 Å². The van der Waals surface area contributed by atoms with Crippen molar-refractivity contribution in [1.82, 2.24) is 0 Å². The molecule has 2 nitrogen and oxygen atoms in total. The largest absolute Gasteiger partial charge is 0.368 e. The van der Waals surface area contributed by atoms with Crippen molar-refractivity contribution in [2.75, 3.05) is 6.61 Å². The predicted molar refractivity (Wildman–Crippen MR) is 41.8 cm³/mol. The summed E-state index contributed by atoms with van der Waals surface area (Å²) in [5, 5.41) is 8.69. The third-order valence-electron chi connectivity index (χ3n) is 1.16. The fraction of sp³-hybridized carbons (Fsp3) is 1.00. The zero-order valence-electron chi connectivity index (χ0n) is 6.97. The predicted octanol–water partition coefficient (Wildman–Crippen LogP) is 1.92. The molecule has 1 saturated heterocycles. The first-order chi connectivity index (χ1) is 4.81. The number of ether oxygens (including phenoxy) is 1. The van der Waals surface area contributed by atoms with Gasteiger partial charge in [-0.25, -0.2) is 0 Å². The zero-order valence-corrected chi connectivity index (χ0v) is 6.97. The molecule has 0 saturated carbocycles. The lowest BCUT2D eigenvalue weighted by atomic mass is 10.2. The van der Waals surface area contributed by atoms with E-state index in [0.717, 1.165) is 25.9 Å². The van der Waals surface area contributed by atoms with Crippen LogP contribution in [0.4, 0.5) is 0 Å². The van der Waals surface area contributed by atoms with Crippen LogP contribution in [0.15, 0.2) is 0 Å². The minimum Gasteiger partial charge on any atom is -0.368 e. The molecular formula is C8H18O2. The highest BCUT2D eigenvalue weighted by molar-refractivity contribution is 4.50. The van der Waals surface area contributed by atoms with Gasteiger partial charge >= 0.3 is 0 Å². The van der Waals surface area contributed by atoms with Crippen molar-refractivity contribution in [2.24, 2.45) is 0 Å². The summed E-state index contributed by atoms with van der Waals surface area (Å²) in [6.45, 7) is 4.99. The number of rotatable bonds is 0. The van der Waals surface area contributed by atoms with Gasteiger partial charge < -0.3 is 9.84 Å². The quantitative estimate of drug-likeness (QED) is 0.565. The monoisotopic (exact) mass is 146 g/mol. The van der Waals surface area contributed by atoms with Gasteiger partial charge in [-0.1, -0.05) is 20.3 Å². The standard InChI is InChI=1S/C5H10O2.C3H8/c6-5-3-1-2-4-7-5;1-3-2/h5-6H,1-4H2;3H2,1-2H3. The number of aliphatic hydroxyl groups is 1. The van der Waals surface area contributed by atoms with E-state index in [1.807, 2.05) is 0 Å². The fourth-order valence-electron chi connectivity index (χ4n) is 0.724. The highest BCUT2D eigenvalue weighted by atomic mass is 16.6. The molecule has 10 heavy (non-hydrogen) atoms. The first-order valence-electron chi connectivity index (χ1n) is 4.11. The fourth-order valence-corrected chi connectivity index (χ4v) is 0.724. The van der Waals surface area contributed by atoms with Gasteiger partial charge in [-0.15, -0.1) is 0 Å². The Kier molecular flexibility index (Phi) is 6.98. The van der Waals surface area contributed by atoms with Gasteiger partial charge in [0.25, 0.3) is 0 Å². The van der Waals surface area contributed by atoms with Crippen LogP contribution in [0.2, 0.25) is 0 Å². The Bertz CT molecular complexity index is 58.3. The Morgan fingerprint density at radius 2 is 2.00 bits per heavy atom. The summed E-state index contributed by atoms with van der Waals surface area (Å²) in [4.78, 5) is 0. The first kappa shape index (κ1) is 9.92. The highest BCUT2D eigenvalue weighted by Crippen LogP contribution is 2.08. The van der Waals surface area contributed by atoms with E-state index in [1.54, 1.807) is 0 Å². The SMILES string of the molecule is CCC.OC1CCCCO1. The molecule has 1 aliphatic heterocycles. The third-order valence-corrected chi connectivity index (χ3v) is 1.16. The molecule has 0 spiro atoms. The molecule has 0 aromatic heterocycles. The van der Waals surface area contributed by atoms with Crippen LogP contribution in [-0.2, 0) is 4.74 Å². The Balaban J connectivity index is 0.000000236. The molecule has 1 N–H and O–H groups in total. The van der Waals surface area contributed by atoms with E-state index in [-0.39, 0.29) is 0 Å². The van der Waals surface area contributed by atoms with Crippen molar-refractivity contribution < 1.29 is 9.84 Å². The minimum absolute atomic E-state index is 0.464. The second-order valence-corrected chi connectivity index (χ2v) is 2.53. The molecule has 1 unspecified atom stereocenters. The van der Waals surface area contributed by atoms with Crippen molar-refractivity contribution in [3.63, 3.8) is 0 Å². The Morgan fingerprint density at radius 3 is 2.20 bits per heavy atom. The maximum Gasteiger partial charge on any atom is 0.154 e. The second kappa shape index (κ2) is 7.03. The Hall–Kier alpha value is -0.0800. The topological polar surface area (TPSA) is 29.5 Å². The molecule has 0 aliphatic carbocycles. The van der Waals surface area contributed by atoms with E-state index in [2.05, 4.69) is 13.8 Å². The molecule has 62 valence electrons. The van der Waals surface area contributed by atoms with Gasteiger partial charge in [0.2, 0.25) is 0 Å². The summed E-state index contributed by atoms with van der Waals surface area (Å²) in [6.07, 6.45) is 3.83. The highest BCUT2D eigenvalue weighted by Gasteiger charge is 2.07. The smallest absolute Gasteiger partial charge is 0.154 e. The first-order valence-corrected chi connectivity index (χ1v) is 4.11. The van der Waals surface area contributed by atoms with E-state index < -0.39 is 6.29 Å². The minimum atomic E-state index is -0.464. The van der Waals surface area contributed by atoms with Crippen LogP contribution < -0.4 is 0 Å². The van der Waals surface area contributed by atoms with E-state index in [4.69, 9.17) is 9.84 Å². The van der Waals surface area contributed by atoms with Crippen LogP contribution in [0.5, 0.6) is 0 Å². The van der Waals surface area contributed by atoms with Crippen LogP contribution in [0.25, 0.3) is 0 Å². The van der Waals surface area contributed by atoms with Crippen molar-refractivity contribution in [2.45, 2.75) is 45.8 Å². The van der Waals surface area contributed by atoms with Gasteiger partial charge in [0.1, 0.15) is 0 Å². The molecule has 0 bridgehead atoms. The van der Waals surface area contributed by atoms with Gasteiger partial charge in [0, 0.05) is 6.61 Å². The summed E-state index contributed by atoms with van der Waals surface area (Å²) in [7, 11) is 0. The lowest BCUT2D eigenvalue weighted by molar-refractivity contribution is -0.123. The van der Waals surface area contributed by atoms with Gasteiger partial charge in [0.05, 0.1) is 0 Å². The zero-order chi connectivity index (χ0) is 7.82. The molecule has 1 heterocycles. The summed E-state index contributed by atoms with van der Waals surface area (Å²) in [5.74, 6) is 0. The summed E-state index contributed by atoms with van der Waals surface area (Å²) >= 11 is 0. The molecule has 0 aromatic rings. The third kappa shape index (κ3) is 6.05. The van der Waals surface area contributed by atoms with Crippen LogP contribution in [0.1, 0.15) is 39.5 Å². The van der Waals surface area contributed by atoms with Crippen molar-refractivity contribution in [1.29, 1.82) is 0 Å². The maximum absolute atomic E-state index is 8.69. The van der Waals surface area contributed by atoms with Gasteiger partial charge in [0.15, 0.2) is 6.29 Å². The molecule has 1 rings (SSSR count). The average molecular weight is 146 g/mol. The number of aliphatic hydroxyl groups excluding tert-OH is 1. The van der Waals surface area contributed by atoms with Crippen LogP contribution in [0, 0.1) is 0 Å². The molecule has 2 heteroatoms. The summed E-state index contributed by atoms with van der Waals surface area (Å²) in [5.41, 5.74) is 0. The van der Waals surface area contributed by atoms with Crippen LogP contribution in [-0.4, -0.2) is 18.0 Å². The molecule has 0 aromatic carbocycles. The van der Waals surface area contributed by atoms with Crippen molar-refractivity contribution >= 4 is 0 Å². The summed E-state index contributed by atoms with van der Waals surface area (Å²) in [6, 6.07) is 0. The Morgan fingerprint density at radius 1 is 1.40 bits per heavy atom. The second-order valence-electron chi connectivity index (χ2n) is 2.53. The molecular weight excluding hydrogens is 128 g/mol. The summed E-state index contributed by atoms with van der Waals surface area (Å²) < 4.78 is 4.83. The Labute approximate surface area is 63.2 Å². The van der Waals surface area contributed by atoms with Crippen LogP contribution >= 0.6 is 0 Å². The van der Waals surface area contributed by atoms with Crippen molar-refractivity contribution in [3.05, 3.63) is 0 Å². The molecule has 0 amide bonds. The van der Waals surface area contributed by atoms with Gasteiger partial charge in [-0.3, -0.25) is 0 Å². The number of hydrogen-bond acceptors (Lipinski definition) is 2. The average Bonchev–Trinajstić information content (AvgIpc) is 1.91. The normalized spacial score (nSPS) is 24.9. The van der Waals surface area contributed by atoms with Gasteiger partial charge in [-0.2, -0.15) is 0 Å². The van der Waals surface area contributed by atoms with E-state index in [0.29, 0.717) is 0 Å². The van der Waals surface area contributed by atoms with E-state index in [9.17, 15) is 0 Å².